The van der Waals surface area contributed by atoms with Crippen LogP contribution in [0, 0.1) is 5.82 Å². The maximum absolute atomic E-state index is 13.6. The molecular formula is C25H28FN7. The van der Waals surface area contributed by atoms with Crippen molar-refractivity contribution < 1.29 is 4.39 Å². The minimum absolute atomic E-state index is 0.279. The van der Waals surface area contributed by atoms with Gasteiger partial charge in [-0.2, -0.15) is 9.61 Å². The first-order chi connectivity index (χ1) is 16.2. The van der Waals surface area contributed by atoms with E-state index in [-0.39, 0.29) is 5.82 Å². The van der Waals surface area contributed by atoms with Crippen LogP contribution in [0.2, 0.25) is 0 Å². The average Bonchev–Trinajstić information content (AvgIpc) is 3.48. The van der Waals surface area contributed by atoms with Gasteiger partial charge in [0, 0.05) is 30.5 Å². The molecule has 170 valence electrons. The molecule has 3 heterocycles. The lowest BCUT2D eigenvalue weighted by Gasteiger charge is -2.13. The summed E-state index contributed by atoms with van der Waals surface area (Å²) in [4.78, 5) is 13.7. The van der Waals surface area contributed by atoms with Crippen molar-refractivity contribution in [1.82, 2.24) is 24.6 Å². The minimum Gasteiger partial charge on any atom is -0.354 e. The molecule has 0 bridgehead atoms. The van der Waals surface area contributed by atoms with Crippen LogP contribution < -0.4 is 10.6 Å². The van der Waals surface area contributed by atoms with Crippen LogP contribution in [0.25, 0.3) is 28.0 Å². The molecule has 0 saturated heterocycles. The van der Waals surface area contributed by atoms with Crippen molar-refractivity contribution in [2.45, 2.75) is 51.5 Å². The third-order valence-electron chi connectivity index (χ3n) is 6.08. The van der Waals surface area contributed by atoms with Gasteiger partial charge < -0.3 is 10.6 Å². The van der Waals surface area contributed by atoms with Gasteiger partial charge in [-0.3, -0.25) is 0 Å². The lowest BCUT2D eigenvalue weighted by atomic mass is 10.0. The molecule has 0 unspecified atom stereocenters. The lowest BCUT2D eigenvalue weighted by Crippen LogP contribution is -2.18. The van der Waals surface area contributed by atoms with E-state index in [1.807, 2.05) is 16.6 Å². The second-order valence-electron chi connectivity index (χ2n) is 8.47. The molecule has 1 aromatic carbocycles. The number of aromatic nitrogens is 5. The third kappa shape index (κ3) is 4.51. The van der Waals surface area contributed by atoms with E-state index in [0.29, 0.717) is 17.9 Å². The highest BCUT2D eigenvalue weighted by molar-refractivity contribution is 5.91. The van der Waals surface area contributed by atoms with Gasteiger partial charge in [0.1, 0.15) is 11.5 Å². The fourth-order valence-corrected chi connectivity index (χ4v) is 4.35. The minimum atomic E-state index is -0.279. The Morgan fingerprint density at radius 1 is 1.03 bits per heavy atom. The Balaban J connectivity index is 1.63. The van der Waals surface area contributed by atoms with Crippen molar-refractivity contribution in [2.75, 3.05) is 17.2 Å². The number of benzene rings is 1. The standard InChI is InChI=1S/C25H28FN7/c1-2-3-14-27-24-28-15-12-20(31-24)22-21-13-16-29-25(30-19-6-4-5-7-19)33(21)32-23(22)17-8-10-18(26)11-9-17/h8-13,15-16,19H,2-7,14H2,1H3,(H,29,30)(H,27,28,31). The molecule has 1 fully saturated rings. The molecule has 33 heavy (non-hydrogen) atoms. The van der Waals surface area contributed by atoms with E-state index in [2.05, 4.69) is 27.5 Å². The molecule has 3 aromatic heterocycles. The number of rotatable bonds is 8. The largest absolute Gasteiger partial charge is 0.354 e. The molecule has 5 rings (SSSR count). The summed E-state index contributed by atoms with van der Waals surface area (Å²) >= 11 is 0. The Labute approximate surface area is 192 Å². The Bertz CT molecular complexity index is 1230. The van der Waals surface area contributed by atoms with Crippen LogP contribution >= 0.6 is 0 Å². The Kier molecular flexibility index (Phi) is 6.15. The second-order valence-corrected chi connectivity index (χ2v) is 8.47. The van der Waals surface area contributed by atoms with Crippen molar-refractivity contribution >= 4 is 17.4 Å². The van der Waals surface area contributed by atoms with Crippen molar-refractivity contribution in [3.8, 4) is 22.5 Å². The number of fused-ring (bicyclic) bond motifs is 1. The van der Waals surface area contributed by atoms with Gasteiger partial charge in [-0.15, -0.1) is 0 Å². The molecule has 0 radical (unpaired) electrons. The maximum atomic E-state index is 13.6. The monoisotopic (exact) mass is 445 g/mol. The summed E-state index contributed by atoms with van der Waals surface area (Å²) in [5.41, 5.74) is 4.08. The first-order valence-electron chi connectivity index (χ1n) is 11.7. The van der Waals surface area contributed by atoms with Gasteiger partial charge in [0.2, 0.25) is 11.9 Å². The van der Waals surface area contributed by atoms with Gasteiger partial charge >= 0.3 is 0 Å². The highest BCUT2D eigenvalue weighted by atomic mass is 19.1. The topological polar surface area (TPSA) is 80.0 Å². The predicted molar refractivity (Wildman–Crippen MR) is 129 cm³/mol. The van der Waals surface area contributed by atoms with Crippen LogP contribution in [0.15, 0.2) is 48.8 Å². The van der Waals surface area contributed by atoms with E-state index < -0.39 is 0 Å². The Hall–Kier alpha value is -3.55. The molecule has 0 spiro atoms. The number of nitrogens with zero attached hydrogens (tertiary/aromatic N) is 5. The van der Waals surface area contributed by atoms with Crippen LogP contribution in [0.1, 0.15) is 45.4 Å². The lowest BCUT2D eigenvalue weighted by molar-refractivity contribution is 0.628. The van der Waals surface area contributed by atoms with Gasteiger partial charge in [-0.25, -0.2) is 19.3 Å². The van der Waals surface area contributed by atoms with Crippen molar-refractivity contribution in [2.24, 2.45) is 0 Å². The zero-order valence-corrected chi connectivity index (χ0v) is 18.8. The van der Waals surface area contributed by atoms with Gasteiger partial charge in [-0.1, -0.05) is 26.2 Å². The molecule has 1 aliphatic rings. The van der Waals surface area contributed by atoms with Gasteiger partial charge in [0.05, 0.1) is 16.8 Å². The fourth-order valence-electron chi connectivity index (χ4n) is 4.35. The normalized spacial score (nSPS) is 14.1. The van der Waals surface area contributed by atoms with Crippen molar-refractivity contribution in [3.63, 3.8) is 0 Å². The molecule has 0 amide bonds. The molecule has 1 saturated carbocycles. The van der Waals surface area contributed by atoms with Crippen molar-refractivity contribution in [3.05, 3.63) is 54.6 Å². The highest BCUT2D eigenvalue weighted by Crippen LogP contribution is 2.35. The van der Waals surface area contributed by atoms with E-state index in [9.17, 15) is 4.39 Å². The van der Waals surface area contributed by atoms with Crippen LogP contribution in [0.4, 0.5) is 16.3 Å². The van der Waals surface area contributed by atoms with E-state index in [1.165, 1.54) is 25.0 Å². The Morgan fingerprint density at radius 2 is 1.82 bits per heavy atom. The summed E-state index contributed by atoms with van der Waals surface area (Å²) in [6.07, 6.45) is 10.4. The zero-order valence-electron chi connectivity index (χ0n) is 18.8. The molecule has 2 N–H and O–H groups in total. The van der Waals surface area contributed by atoms with E-state index in [4.69, 9.17) is 10.1 Å². The molecular weight excluding hydrogens is 417 g/mol. The molecule has 0 aliphatic heterocycles. The zero-order chi connectivity index (χ0) is 22.6. The average molecular weight is 446 g/mol. The summed E-state index contributed by atoms with van der Waals surface area (Å²) in [7, 11) is 0. The number of anilines is 2. The number of unbranched alkanes of at least 4 members (excludes halogenated alkanes) is 1. The molecule has 4 aromatic rings. The quantitative estimate of drug-likeness (QED) is 0.346. The van der Waals surface area contributed by atoms with E-state index in [0.717, 1.165) is 60.3 Å². The predicted octanol–water partition coefficient (Wildman–Crippen LogP) is 5.56. The van der Waals surface area contributed by atoms with Gasteiger partial charge in [0.25, 0.3) is 0 Å². The molecule has 7 nitrogen and oxygen atoms in total. The molecule has 1 aliphatic carbocycles. The fraction of sp³-hybridized carbons (Fsp3) is 0.360. The summed E-state index contributed by atoms with van der Waals surface area (Å²) in [6.45, 7) is 2.97. The number of hydrogen-bond acceptors (Lipinski definition) is 6. The SMILES string of the molecule is CCCCNc1nccc(-c2c(-c3ccc(F)cc3)nn3c(NC4CCCC4)nccc23)n1. The number of nitrogens with one attached hydrogen (secondary N) is 2. The van der Waals surface area contributed by atoms with Crippen LogP contribution in [0.5, 0.6) is 0 Å². The first-order valence-corrected chi connectivity index (χ1v) is 11.7. The maximum Gasteiger partial charge on any atom is 0.224 e. The summed E-state index contributed by atoms with van der Waals surface area (Å²) in [5, 5.41) is 11.8. The van der Waals surface area contributed by atoms with Crippen LogP contribution in [-0.2, 0) is 0 Å². The smallest absolute Gasteiger partial charge is 0.224 e. The van der Waals surface area contributed by atoms with Crippen LogP contribution in [-0.4, -0.2) is 37.2 Å². The van der Waals surface area contributed by atoms with Crippen molar-refractivity contribution in [1.29, 1.82) is 0 Å². The van der Waals surface area contributed by atoms with Gasteiger partial charge in [0.15, 0.2) is 0 Å². The number of halogens is 1. The Morgan fingerprint density at radius 3 is 2.61 bits per heavy atom. The highest BCUT2D eigenvalue weighted by Gasteiger charge is 2.22. The first kappa shape index (κ1) is 21.3. The second kappa shape index (κ2) is 9.52. The van der Waals surface area contributed by atoms with E-state index in [1.54, 1.807) is 24.5 Å². The number of hydrogen-bond donors (Lipinski definition) is 2. The van der Waals surface area contributed by atoms with E-state index >= 15 is 0 Å². The van der Waals surface area contributed by atoms with Gasteiger partial charge in [-0.05, 0) is 55.7 Å². The summed E-state index contributed by atoms with van der Waals surface area (Å²) < 4.78 is 15.5. The third-order valence-corrected chi connectivity index (χ3v) is 6.08. The summed E-state index contributed by atoms with van der Waals surface area (Å²) in [5.74, 6) is 1.02. The van der Waals surface area contributed by atoms with Crippen LogP contribution in [0.3, 0.4) is 0 Å². The molecule has 0 atom stereocenters. The summed E-state index contributed by atoms with van der Waals surface area (Å²) in [6, 6.07) is 10.6. The molecule has 8 heteroatoms.